The van der Waals surface area contributed by atoms with Gasteiger partial charge in [-0.3, -0.25) is 9.68 Å². The van der Waals surface area contributed by atoms with Crippen LogP contribution >= 0.6 is 34.8 Å². The van der Waals surface area contributed by atoms with Gasteiger partial charge in [-0.15, -0.1) is 20.2 Å². The second-order valence-electron chi connectivity index (χ2n) is 7.06. The van der Waals surface area contributed by atoms with Gasteiger partial charge >= 0.3 is 0 Å². The Morgan fingerprint density at radius 1 is 0.946 bits per heavy atom. The number of hydrogen-bond donors (Lipinski definition) is 0. The highest BCUT2D eigenvalue weighted by atomic mass is 35.5. The maximum atomic E-state index is 11.6. The maximum absolute atomic E-state index is 11.6. The first kappa shape index (κ1) is 28.2. The van der Waals surface area contributed by atoms with E-state index in [1.54, 1.807) is 24.3 Å². The highest BCUT2D eigenvalue weighted by Crippen LogP contribution is 2.43. The van der Waals surface area contributed by atoms with Crippen LogP contribution in [0.3, 0.4) is 0 Å². The molecule has 0 aliphatic rings. The molecule has 16 heteroatoms. The molecule has 0 fully saturated rings. The molecule has 0 N–H and O–H groups in total. The highest BCUT2D eigenvalue weighted by molar-refractivity contribution is 6.35. The van der Waals surface area contributed by atoms with Crippen LogP contribution in [-0.4, -0.2) is 46.2 Å². The summed E-state index contributed by atoms with van der Waals surface area (Å²) < 4.78 is 17.8. The Hall–Kier alpha value is -3.36. The van der Waals surface area contributed by atoms with Gasteiger partial charge in [0.05, 0.1) is 31.2 Å². The van der Waals surface area contributed by atoms with Crippen molar-refractivity contribution in [2.24, 2.45) is 0 Å². The second-order valence-corrected chi connectivity index (χ2v) is 8.34. The molecule has 13 nitrogen and oxygen atoms in total. The van der Waals surface area contributed by atoms with Crippen molar-refractivity contribution in [3.05, 3.63) is 102 Å². The van der Waals surface area contributed by atoms with Gasteiger partial charge in [0, 0.05) is 28.0 Å². The van der Waals surface area contributed by atoms with Crippen LogP contribution in [0.15, 0.2) is 61.2 Å². The summed E-state index contributed by atoms with van der Waals surface area (Å²) in [4.78, 5) is 36.5. The van der Waals surface area contributed by atoms with E-state index in [2.05, 4.69) is 4.98 Å². The average molecular weight is 578 g/mol. The quantitative estimate of drug-likeness (QED) is 0.107. The Balaban J connectivity index is 1.80. The summed E-state index contributed by atoms with van der Waals surface area (Å²) in [7, 11) is 0. The number of nitrogens with zero attached hydrogens (tertiary/aromatic N) is 4. The van der Waals surface area contributed by atoms with Gasteiger partial charge < -0.3 is 18.8 Å². The van der Waals surface area contributed by atoms with Gasteiger partial charge in [-0.25, -0.2) is 4.98 Å². The minimum atomic E-state index is -2.57. The third-order valence-corrected chi connectivity index (χ3v) is 5.48. The van der Waals surface area contributed by atoms with Crippen LogP contribution in [0, 0.1) is 20.2 Å². The van der Waals surface area contributed by atoms with Crippen molar-refractivity contribution < 1.29 is 34.1 Å². The lowest BCUT2D eigenvalue weighted by molar-refractivity contribution is -0.835. The summed E-state index contributed by atoms with van der Waals surface area (Å²) in [6.45, 7) is -0.121. The monoisotopic (exact) mass is 576 g/mol. The Morgan fingerprint density at radius 2 is 1.65 bits per heavy atom. The molecule has 0 amide bonds. The Bertz CT molecular complexity index is 1180. The van der Waals surface area contributed by atoms with E-state index in [0.29, 0.717) is 10.8 Å². The van der Waals surface area contributed by atoms with Crippen LogP contribution in [-0.2, 0) is 24.9 Å². The van der Waals surface area contributed by atoms with E-state index in [9.17, 15) is 20.2 Å². The van der Waals surface area contributed by atoms with Crippen molar-refractivity contribution in [3.8, 4) is 5.75 Å². The van der Waals surface area contributed by atoms with Crippen LogP contribution in [0.2, 0.25) is 15.1 Å². The molecule has 2 unspecified atom stereocenters. The van der Waals surface area contributed by atoms with Crippen molar-refractivity contribution in [1.82, 2.24) is 9.55 Å². The lowest BCUT2D eigenvalue weighted by atomic mass is 10.0. The van der Waals surface area contributed by atoms with E-state index in [0.717, 1.165) is 10.9 Å². The minimum Gasteiger partial charge on any atom is -0.491 e. The number of imidazole rings is 1. The Labute approximate surface area is 224 Å². The molecule has 0 saturated heterocycles. The summed E-state index contributed by atoms with van der Waals surface area (Å²) in [6, 6.07) is 10.6. The number of halogens is 3. The van der Waals surface area contributed by atoms with Crippen molar-refractivity contribution in [2.75, 3.05) is 26.4 Å². The van der Waals surface area contributed by atoms with Gasteiger partial charge in [-0.2, -0.15) is 0 Å². The first-order chi connectivity index (χ1) is 17.7. The summed E-state index contributed by atoms with van der Waals surface area (Å²) in [6.07, 6.45) is 1.79. The Morgan fingerprint density at radius 3 is 2.27 bits per heavy atom. The molecule has 0 spiro atoms. The smallest absolute Gasteiger partial charge is 0.297 e. The first-order valence-electron chi connectivity index (χ1n) is 10.4. The highest BCUT2D eigenvalue weighted by Gasteiger charge is 2.51. The SMILES string of the molecule is O=[N+]([O-])OC(n1ccnc1)C(OCCOCCOc1ccc(Cl)cc1)(O[N+](=O)[O-])c1ccc(Cl)cc1Cl. The first-order valence-corrected chi connectivity index (χ1v) is 11.5. The van der Waals surface area contributed by atoms with Crippen molar-refractivity contribution >= 4 is 34.8 Å². The van der Waals surface area contributed by atoms with Crippen molar-refractivity contribution in [2.45, 2.75) is 12.0 Å². The zero-order valence-electron chi connectivity index (χ0n) is 18.8. The number of aromatic nitrogens is 2. The molecule has 3 rings (SSSR count). The summed E-state index contributed by atoms with van der Waals surface area (Å²) >= 11 is 18.1. The van der Waals surface area contributed by atoms with Crippen LogP contribution < -0.4 is 4.74 Å². The molecule has 2 atom stereocenters. The molecule has 37 heavy (non-hydrogen) atoms. The van der Waals surface area contributed by atoms with E-state index in [1.807, 2.05) is 0 Å². The maximum Gasteiger partial charge on any atom is 0.297 e. The molecular formula is C21H19Cl3N4O9. The fourth-order valence-electron chi connectivity index (χ4n) is 3.20. The predicted octanol–water partition coefficient (Wildman–Crippen LogP) is 4.72. The summed E-state index contributed by atoms with van der Waals surface area (Å²) in [5.41, 5.74) is -0.165. The number of hydrogen-bond acceptors (Lipinski definition) is 10. The third kappa shape index (κ3) is 7.81. The van der Waals surface area contributed by atoms with E-state index in [1.165, 1.54) is 30.6 Å². The molecule has 1 aromatic heterocycles. The molecular weight excluding hydrogens is 559 g/mol. The molecule has 0 aliphatic heterocycles. The fourth-order valence-corrected chi connectivity index (χ4v) is 3.86. The molecule has 198 valence electrons. The van der Waals surface area contributed by atoms with Crippen LogP contribution in [0.5, 0.6) is 5.75 Å². The van der Waals surface area contributed by atoms with Gasteiger partial charge in [-0.1, -0.05) is 40.9 Å². The zero-order valence-corrected chi connectivity index (χ0v) is 21.0. The molecule has 0 aliphatic carbocycles. The fraction of sp³-hybridized carbons (Fsp3) is 0.286. The normalized spacial score (nSPS) is 13.4. The molecule has 0 saturated carbocycles. The molecule has 0 radical (unpaired) electrons. The molecule has 2 aromatic carbocycles. The van der Waals surface area contributed by atoms with Crippen LogP contribution in [0.25, 0.3) is 0 Å². The van der Waals surface area contributed by atoms with Gasteiger partial charge in [0.25, 0.3) is 16.0 Å². The van der Waals surface area contributed by atoms with Gasteiger partial charge in [0.1, 0.15) is 12.4 Å². The third-order valence-electron chi connectivity index (χ3n) is 4.68. The summed E-state index contributed by atoms with van der Waals surface area (Å²) in [5.74, 6) is -1.98. The minimum absolute atomic E-state index is 0.104. The second kappa shape index (κ2) is 13.3. The summed E-state index contributed by atoms with van der Waals surface area (Å²) in [5, 5.41) is 21.2. The predicted molar refractivity (Wildman–Crippen MR) is 129 cm³/mol. The molecule has 1 heterocycles. The lowest BCUT2D eigenvalue weighted by Crippen LogP contribution is -2.46. The van der Waals surface area contributed by atoms with E-state index < -0.39 is 22.2 Å². The van der Waals surface area contributed by atoms with Gasteiger partial charge in [0.2, 0.25) is 6.23 Å². The van der Waals surface area contributed by atoms with Crippen LogP contribution in [0.1, 0.15) is 11.8 Å². The van der Waals surface area contributed by atoms with Crippen LogP contribution in [0.4, 0.5) is 0 Å². The number of ether oxygens (including phenoxy) is 3. The zero-order chi connectivity index (χ0) is 26.8. The van der Waals surface area contributed by atoms with E-state index >= 15 is 0 Å². The van der Waals surface area contributed by atoms with E-state index in [-0.39, 0.29) is 42.0 Å². The van der Waals surface area contributed by atoms with Crippen molar-refractivity contribution in [3.63, 3.8) is 0 Å². The lowest BCUT2D eigenvalue weighted by Gasteiger charge is -2.37. The number of rotatable bonds is 15. The molecule has 0 bridgehead atoms. The Kier molecular flexibility index (Phi) is 10.1. The average Bonchev–Trinajstić information content (AvgIpc) is 3.37. The van der Waals surface area contributed by atoms with Crippen molar-refractivity contribution in [1.29, 1.82) is 0 Å². The largest absolute Gasteiger partial charge is 0.491 e. The van der Waals surface area contributed by atoms with E-state index in [4.69, 9.17) is 58.7 Å². The number of benzene rings is 2. The molecule has 3 aromatic rings. The van der Waals surface area contributed by atoms with Gasteiger partial charge in [0.15, 0.2) is 0 Å². The van der Waals surface area contributed by atoms with Gasteiger partial charge in [-0.05, 0) is 36.4 Å². The standard InChI is InChI=1S/C21H19Cl3N4O9/c22-15-1-4-17(5-2-15)34-11-9-33-10-12-35-21(37-28(31)32,18-6-3-16(23)13-19(18)24)20(36-27(29)30)26-8-7-25-14-26/h1-8,13-14,20H,9-12H2. The topological polar surface area (TPSA) is 150 Å².